The molecule has 6 heteroatoms. The number of carbonyl (C=O) groups excluding carboxylic acids is 1. The fourth-order valence-electron chi connectivity index (χ4n) is 0.907. The summed E-state index contributed by atoms with van der Waals surface area (Å²) in [6.45, 7) is 1.54. The zero-order valence-electron chi connectivity index (χ0n) is 7.71. The minimum absolute atomic E-state index is 0.000162. The Labute approximate surface area is 85.6 Å². The minimum atomic E-state index is -0.492. The van der Waals surface area contributed by atoms with Crippen LogP contribution in [0.3, 0.4) is 0 Å². The van der Waals surface area contributed by atoms with Gasteiger partial charge in [-0.2, -0.15) is 0 Å². The van der Waals surface area contributed by atoms with Crippen molar-refractivity contribution in [3.05, 3.63) is 34.4 Å². The number of ether oxygens (including phenoxy) is 2. The molecule has 0 unspecified atom stereocenters. The largest absolute Gasteiger partial charge is 0.490 e. The van der Waals surface area contributed by atoms with Gasteiger partial charge in [0.1, 0.15) is 19.0 Å². The lowest BCUT2D eigenvalue weighted by Crippen LogP contribution is -2.05. The highest BCUT2D eigenvalue weighted by Crippen LogP contribution is 2.16. The molecule has 1 aromatic carbocycles. The van der Waals surface area contributed by atoms with Crippen LogP contribution in [-0.2, 0) is 9.53 Å². The van der Waals surface area contributed by atoms with Crippen molar-refractivity contribution < 1.29 is 19.2 Å². The lowest BCUT2D eigenvalue weighted by Gasteiger charge is -2.03. The van der Waals surface area contributed by atoms with E-state index in [4.69, 9.17) is 4.74 Å². The van der Waals surface area contributed by atoms with E-state index in [2.05, 4.69) is 4.74 Å². The molecule has 0 aliphatic rings. The van der Waals surface area contributed by atoms with Crippen molar-refractivity contribution in [3.63, 3.8) is 0 Å². The molecule has 6 nitrogen and oxygen atoms in total. The van der Waals surface area contributed by atoms with Gasteiger partial charge in [0.25, 0.3) is 5.69 Å². The van der Waals surface area contributed by atoms with Gasteiger partial charge in [0, 0.05) is 12.1 Å². The van der Waals surface area contributed by atoms with Gasteiger partial charge in [0.2, 0.25) is 0 Å². The Hall–Kier alpha value is -2.11. The number of nitrogens with zero attached hydrogens (tertiary/aromatic N) is 1. The van der Waals surface area contributed by atoms with Gasteiger partial charge in [-0.1, -0.05) is 0 Å². The van der Waals surface area contributed by atoms with Crippen molar-refractivity contribution in [1.29, 1.82) is 0 Å². The molecule has 0 amide bonds. The summed E-state index contributed by atoms with van der Waals surface area (Å²) in [6, 6.07) is 5.62. The predicted molar refractivity (Wildman–Crippen MR) is 50.2 cm³/mol. The average Bonchev–Trinajstić information content (AvgIpc) is 2.25. The molecule has 0 N–H and O–H groups in total. The van der Waals surface area contributed by atoms with Crippen molar-refractivity contribution in [2.24, 2.45) is 0 Å². The average molecular weight is 210 g/mol. The van der Waals surface area contributed by atoms with Gasteiger partial charge in [0.05, 0.1) is 4.92 Å². The van der Waals surface area contributed by atoms with Crippen LogP contribution in [0.25, 0.3) is 0 Å². The van der Waals surface area contributed by atoms with Crippen LogP contribution in [0.4, 0.5) is 5.69 Å². The van der Waals surface area contributed by atoms with E-state index in [1.807, 2.05) is 0 Å². The molecule has 0 aromatic heterocycles. The van der Waals surface area contributed by atoms with Crippen molar-refractivity contribution >= 4 is 12.2 Å². The summed E-state index contributed by atoms with van der Waals surface area (Å²) in [5.41, 5.74) is -0.000162. The molecule has 0 aliphatic carbocycles. The van der Waals surface area contributed by atoms with Crippen molar-refractivity contribution in [1.82, 2.24) is 0 Å². The van der Waals surface area contributed by atoms with Gasteiger partial charge in [-0.3, -0.25) is 10.1 Å². The third kappa shape index (κ3) is 3.63. The number of non-ortho nitro benzene ring substituents is 1. The molecule has 1 radical (unpaired) electrons. The summed E-state index contributed by atoms with van der Waals surface area (Å²) in [5, 5.41) is 10.3. The first kappa shape index (κ1) is 11.0. The zero-order chi connectivity index (χ0) is 11.1. The molecule has 0 fully saturated rings. The Kier molecular flexibility index (Phi) is 4.08. The summed E-state index contributed by atoms with van der Waals surface area (Å²) in [5.74, 6) is 0.482. The number of rotatable bonds is 6. The van der Waals surface area contributed by atoms with E-state index in [1.54, 1.807) is 0 Å². The number of nitro benzene ring substituents is 1. The highest BCUT2D eigenvalue weighted by Gasteiger charge is 2.03. The molecule has 15 heavy (non-hydrogen) atoms. The molecule has 0 atom stereocenters. The third-order valence-corrected chi connectivity index (χ3v) is 1.56. The molecule has 0 saturated heterocycles. The molecule has 0 aliphatic heterocycles. The number of hydrogen-bond donors (Lipinski definition) is 0. The van der Waals surface area contributed by atoms with Gasteiger partial charge < -0.3 is 9.47 Å². The van der Waals surface area contributed by atoms with E-state index in [0.717, 1.165) is 0 Å². The lowest BCUT2D eigenvalue weighted by atomic mass is 10.3. The van der Waals surface area contributed by atoms with Crippen LogP contribution in [0, 0.1) is 10.1 Å². The van der Waals surface area contributed by atoms with Crippen LogP contribution in [0.5, 0.6) is 5.75 Å². The number of benzene rings is 1. The lowest BCUT2D eigenvalue weighted by molar-refractivity contribution is -0.384. The Balaban J connectivity index is 2.42. The maximum Gasteiger partial charge on any atom is 0.417 e. The first-order valence-corrected chi connectivity index (χ1v) is 4.10. The summed E-state index contributed by atoms with van der Waals surface area (Å²) < 4.78 is 9.39. The second-order valence-electron chi connectivity index (χ2n) is 2.53. The third-order valence-electron chi connectivity index (χ3n) is 1.56. The highest BCUT2D eigenvalue weighted by atomic mass is 16.6. The van der Waals surface area contributed by atoms with Crippen molar-refractivity contribution in [2.75, 3.05) is 13.2 Å². The van der Waals surface area contributed by atoms with Gasteiger partial charge >= 0.3 is 6.47 Å². The molecular formula is C9H8NO5. The summed E-state index contributed by atoms with van der Waals surface area (Å²) in [4.78, 5) is 19.5. The van der Waals surface area contributed by atoms with Gasteiger partial charge in [-0.05, 0) is 12.1 Å². The molecule has 0 bridgehead atoms. The summed E-state index contributed by atoms with van der Waals surface area (Å²) >= 11 is 0. The molecule has 79 valence electrons. The van der Waals surface area contributed by atoms with Crippen LogP contribution in [0.15, 0.2) is 24.3 Å². The topological polar surface area (TPSA) is 78.7 Å². The van der Waals surface area contributed by atoms with E-state index in [1.165, 1.54) is 30.7 Å². The smallest absolute Gasteiger partial charge is 0.417 e. The van der Waals surface area contributed by atoms with Gasteiger partial charge in [0.15, 0.2) is 0 Å². The van der Waals surface area contributed by atoms with Gasteiger partial charge in [-0.15, -0.1) is 0 Å². The van der Waals surface area contributed by atoms with Crippen LogP contribution in [0.2, 0.25) is 0 Å². The van der Waals surface area contributed by atoms with E-state index < -0.39 is 4.92 Å². The maximum atomic E-state index is 10.3. The first-order chi connectivity index (χ1) is 7.24. The highest BCUT2D eigenvalue weighted by molar-refractivity contribution is 5.38. The van der Waals surface area contributed by atoms with E-state index >= 15 is 0 Å². The fourth-order valence-corrected chi connectivity index (χ4v) is 0.907. The Morgan fingerprint density at radius 2 is 1.93 bits per heavy atom. The van der Waals surface area contributed by atoms with Crippen LogP contribution in [0.1, 0.15) is 0 Å². The normalized spacial score (nSPS) is 9.33. The molecule has 0 spiro atoms. The van der Waals surface area contributed by atoms with Crippen LogP contribution < -0.4 is 4.74 Å². The number of hydrogen-bond acceptors (Lipinski definition) is 5. The molecular weight excluding hydrogens is 202 g/mol. The number of nitro groups is 1. The second kappa shape index (κ2) is 5.58. The predicted octanol–water partition coefficient (Wildman–Crippen LogP) is 1.06. The molecule has 0 saturated carbocycles. The fraction of sp³-hybridized carbons (Fsp3) is 0.222. The zero-order valence-corrected chi connectivity index (χ0v) is 7.71. The SMILES string of the molecule is O=[C]OCCOc1ccc([N+](=O)[O-])cc1. The Morgan fingerprint density at radius 3 is 2.47 bits per heavy atom. The van der Waals surface area contributed by atoms with Crippen molar-refractivity contribution in [3.8, 4) is 5.75 Å². The maximum absolute atomic E-state index is 10.3. The quantitative estimate of drug-likeness (QED) is 0.398. The monoisotopic (exact) mass is 210 g/mol. The van der Waals surface area contributed by atoms with E-state index in [9.17, 15) is 14.9 Å². The summed E-state index contributed by atoms with van der Waals surface area (Å²) in [7, 11) is 0. The van der Waals surface area contributed by atoms with Crippen LogP contribution >= 0.6 is 0 Å². The van der Waals surface area contributed by atoms with Crippen molar-refractivity contribution in [2.45, 2.75) is 0 Å². The van der Waals surface area contributed by atoms with E-state index in [-0.39, 0.29) is 18.9 Å². The standard InChI is InChI=1S/C9H8NO5/c11-7-14-5-6-15-9-3-1-8(2-4-9)10(12)13/h1-4H,5-6H2. The van der Waals surface area contributed by atoms with E-state index in [0.29, 0.717) is 5.75 Å². The Morgan fingerprint density at radius 1 is 1.27 bits per heavy atom. The minimum Gasteiger partial charge on any atom is -0.490 e. The van der Waals surface area contributed by atoms with Crippen LogP contribution in [-0.4, -0.2) is 24.6 Å². The molecule has 1 rings (SSSR count). The molecule has 1 aromatic rings. The summed E-state index contributed by atoms with van der Waals surface area (Å²) in [6.07, 6.45) is 0. The molecule has 0 heterocycles. The first-order valence-electron chi connectivity index (χ1n) is 4.10. The Bertz CT molecular complexity index is 335. The van der Waals surface area contributed by atoms with Gasteiger partial charge in [-0.25, -0.2) is 4.79 Å². The second-order valence-corrected chi connectivity index (χ2v) is 2.53.